The molecule has 0 spiro atoms. The molecule has 0 saturated carbocycles. The number of hydrogen-bond donors (Lipinski definition) is 0. The smallest absolute Gasteiger partial charge is 0.368 e. The Morgan fingerprint density at radius 1 is 0.917 bits per heavy atom. The molecule has 6 nitrogen and oxygen atoms in total. The third-order valence-corrected chi connectivity index (χ3v) is 9.91. The number of amides is 1. The number of carbonyl (C=O) groups is 1. The minimum Gasteiger partial charge on any atom is -0.368 e. The van der Waals surface area contributed by atoms with Crippen molar-refractivity contribution >= 4 is 33.0 Å². The molecule has 1 saturated heterocycles. The Balaban J connectivity index is 1.36. The standard InChI is InChI=1S/C25H24F3N3O3S2/c26-25(27,28)20-7-3-8-21(16-20)29-10-12-30(13-11-29)24(32)22-15-18-5-1-2-6-19(18)17-31(22)36(33,34)23-9-4-14-35-23/h1-9,14,16,22H,10-13,15,17H2/t22-/m0/s1. The van der Waals surface area contributed by atoms with Gasteiger partial charge in [-0.3, -0.25) is 4.79 Å². The SMILES string of the molecule is O=C([C@@H]1Cc2ccccc2CN1S(=O)(=O)c1cccs1)N1CCN(c2cccc(C(F)(F)F)c2)CC1. The number of hydrogen-bond acceptors (Lipinski definition) is 5. The number of fused-ring (bicyclic) bond motifs is 1. The second-order valence-electron chi connectivity index (χ2n) is 8.83. The van der Waals surface area contributed by atoms with Crippen molar-refractivity contribution < 1.29 is 26.4 Å². The maximum absolute atomic E-state index is 13.7. The molecule has 11 heteroatoms. The van der Waals surface area contributed by atoms with Crippen molar-refractivity contribution in [3.8, 4) is 0 Å². The van der Waals surface area contributed by atoms with E-state index in [1.165, 1.54) is 16.4 Å². The van der Waals surface area contributed by atoms with Gasteiger partial charge >= 0.3 is 6.18 Å². The van der Waals surface area contributed by atoms with E-state index in [0.29, 0.717) is 31.9 Å². The van der Waals surface area contributed by atoms with Crippen LogP contribution in [0.25, 0.3) is 0 Å². The van der Waals surface area contributed by atoms with E-state index in [1.54, 1.807) is 22.4 Å². The van der Waals surface area contributed by atoms with Gasteiger partial charge in [-0.15, -0.1) is 11.3 Å². The van der Waals surface area contributed by atoms with E-state index in [0.717, 1.165) is 34.6 Å². The van der Waals surface area contributed by atoms with E-state index >= 15 is 0 Å². The van der Waals surface area contributed by atoms with Crippen LogP contribution in [-0.2, 0) is 34.0 Å². The predicted octanol–water partition coefficient (Wildman–Crippen LogP) is 4.23. The first-order valence-electron chi connectivity index (χ1n) is 11.5. The Labute approximate surface area is 211 Å². The zero-order valence-corrected chi connectivity index (χ0v) is 20.8. The third kappa shape index (κ3) is 4.74. The number of benzene rings is 2. The average Bonchev–Trinajstić information content (AvgIpc) is 3.43. The lowest BCUT2D eigenvalue weighted by atomic mass is 9.95. The van der Waals surface area contributed by atoms with Crippen molar-refractivity contribution in [3.63, 3.8) is 0 Å². The first kappa shape index (κ1) is 24.8. The van der Waals surface area contributed by atoms with E-state index in [2.05, 4.69) is 0 Å². The number of alkyl halides is 3. The Bertz CT molecular complexity index is 1350. The summed E-state index contributed by atoms with van der Waals surface area (Å²) in [5.41, 5.74) is 1.55. The fourth-order valence-corrected chi connectivity index (χ4v) is 7.44. The number of piperazine rings is 1. The van der Waals surface area contributed by atoms with Crippen LogP contribution in [-0.4, -0.2) is 55.8 Å². The van der Waals surface area contributed by atoms with Gasteiger partial charge < -0.3 is 9.80 Å². The van der Waals surface area contributed by atoms with Gasteiger partial charge in [0.15, 0.2) is 0 Å². The first-order valence-corrected chi connectivity index (χ1v) is 13.8. The Hall–Kier alpha value is -2.89. The molecule has 1 fully saturated rings. The summed E-state index contributed by atoms with van der Waals surface area (Å²) < 4.78 is 67.8. The molecule has 36 heavy (non-hydrogen) atoms. The summed E-state index contributed by atoms with van der Waals surface area (Å²) in [6.45, 7) is 1.40. The van der Waals surface area contributed by atoms with Crippen LogP contribution < -0.4 is 4.90 Å². The molecule has 1 atom stereocenters. The molecule has 5 rings (SSSR count). The number of nitrogens with zero attached hydrogens (tertiary/aromatic N) is 3. The minimum atomic E-state index is -4.43. The summed E-state index contributed by atoms with van der Waals surface area (Å²) in [6, 6.07) is 15.0. The summed E-state index contributed by atoms with van der Waals surface area (Å²) in [6.07, 6.45) is -4.16. The highest BCUT2D eigenvalue weighted by Gasteiger charge is 2.42. The topological polar surface area (TPSA) is 60.9 Å². The van der Waals surface area contributed by atoms with Gasteiger partial charge in [-0.25, -0.2) is 8.42 Å². The van der Waals surface area contributed by atoms with E-state index in [1.807, 2.05) is 29.2 Å². The Morgan fingerprint density at radius 3 is 2.31 bits per heavy atom. The molecule has 0 N–H and O–H groups in total. The molecule has 2 aromatic carbocycles. The lowest BCUT2D eigenvalue weighted by molar-refractivity contribution is -0.137. The van der Waals surface area contributed by atoms with Crippen LogP contribution in [0, 0.1) is 0 Å². The summed E-state index contributed by atoms with van der Waals surface area (Å²) in [5.74, 6) is -0.284. The largest absolute Gasteiger partial charge is 0.416 e. The molecule has 1 aromatic heterocycles. The summed E-state index contributed by atoms with van der Waals surface area (Å²) in [5, 5.41) is 1.69. The number of carbonyl (C=O) groups excluding carboxylic acids is 1. The fourth-order valence-electron chi connectivity index (χ4n) is 4.76. The zero-order chi connectivity index (χ0) is 25.5. The molecule has 0 bridgehead atoms. The third-order valence-electron chi connectivity index (χ3n) is 6.68. The normalized spacial score (nSPS) is 19.2. The summed E-state index contributed by atoms with van der Waals surface area (Å²) in [4.78, 5) is 17.1. The highest BCUT2D eigenvalue weighted by atomic mass is 32.2. The molecule has 0 radical (unpaired) electrons. The van der Waals surface area contributed by atoms with Crippen LogP contribution in [0.2, 0.25) is 0 Å². The molecule has 0 aliphatic carbocycles. The van der Waals surface area contributed by atoms with Crippen molar-refractivity contribution in [2.45, 2.75) is 29.4 Å². The molecule has 3 aromatic rings. The van der Waals surface area contributed by atoms with Crippen molar-refractivity contribution in [1.82, 2.24) is 9.21 Å². The molecule has 190 valence electrons. The van der Waals surface area contributed by atoms with Crippen molar-refractivity contribution in [2.75, 3.05) is 31.1 Å². The molecule has 3 heterocycles. The lowest BCUT2D eigenvalue weighted by Crippen LogP contribution is -2.57. The van der Waals surface area contributed by atoms with Crippen LogP contribution in [0.3, 0.4) is 0 Å². The summed E-state index contributed by atoms with van der Waals surface area (Å²) >= 11 is 1.11. The summed E-state index contributed by atoms with van der Waals surface area (Å²) in [7, 11) is -3.88. The number of anilines is 1. The van der Waals surface area contributed by atoms with Gasteiger partial charge in [0.2, 0.25) is 5.91 Å². The second kappa shape index (κ2) is 9.53. The highest BCUT2D eigenvalue weighted by Crippen LogP contribution is 2.33. The van der Waals surface area contributed by atoms with Gasteiger partial charge in [0, 0.05) is 38.4 Å². The van der Waals surface area contributed by atoms with Crippen LogP contribution in [0.5, 0.6) is 0 Å². The van der Waals surface area contributed by atoms with Gasteiger partial charge in [-0.1, -0.05) is 36.4 Å². The van der Waals surface area contributed by atoms with Gasteiger partial charge in [0.25, 0.3) is 10.0 Å². The van der Waals surface area contributed by atoms with Crippen LogP contribution in [0.4, 0.5) is 18.9 Å². The molecular weight excluding hydrogens is 511 g/mol. The quantitative estimate of drug-likeness (QED) is 0.502. The van der Waals surface area contributed by atoms with Gasteiger partial charge in [0.05, 0.1) is 5.56 Å². The fraction of sp³-hybridized carbons (Fsp3) is 0.320. The molecule has 1 amide bonds. The Kier molecular flexibility index (Phi) is 6.56. The monoisotopic (exact) mass is 535 g/mol. The van der Waals surface area contributed by atoms with Crippen molar-refractivity contribution in [3.05, 3.63) is 82.7 Å². The van der Waals surface area contributed by atoms with Crippen LogP contribution >= 0.6 is 11.3 Å². The number of thiophene rings is 1. The van der Waals surface area contributed by atoms with Gasteiger partial charge in [-0.2, -0.15) is 17.5 Å². The van der Waals surface area contributed by atoms with E-state index in [9.17, 15) is 26.4 Å². The number of rotatable bonds is 4. The minimum absolute atomic E-state index is 0.108. The van der Waals surface area contributed by atoms with Crippen LogP contribution in [0.1, 0.15) is 16.7 Å². The maximum Gasteiger partial charge on any atom is 0.416 e. The number of sulfonamides is 1. The predicted molar refractivity (Wildman–Crippen MR) is 131 cm³/mol. The molecular formula is C25H24F3N3O3S2. The number of halogens is 3. The van der Waals surface area contributed by atoms with E-state index < -0.39 is 27.8 Å². The Morgan fingerprint density at radius 2 is 1.64 bits per heavy atom. The first-order chi connectivity index (χ1) is 17.1. The molecule has 2 aliphatic heterocycles. The molecule has 2 aliphatic rings. The molecule has 0 unspecified atom stereocenters. The highest BCUT2D eigenvalue weighted by molar-refractivity contribution is 7.91. The zero-order valence-electron chi connectivity index (χ0n) is 19.2. The van der Waals surface area contributed by atoms with Gasteiger partial charge in [-0.05, 0) is 47.2 Å². The van der Waals surface area contributed by atoms with Crippen molar-refractivity contribution in [2.24, 2.45) is 0 Å². The van der Waals surface area contributed by atoms with E-state index in [4.69, 9.17) is 0 Å². The van der Waals surface area contributed by atoms with Crippen LogP contribution in [0.15, 0.2) is 70.3 Å². The second-order valence-corrected chi connectivity index (χ2v) is 11.9. The lowest BCUT2D eigenvalue weighted by Gasteiger charge is -2.41. The average molecular weight is 536 g/mol. The van der Waals surface area contributed by atoms with Gasteiger partial charge in [0.1, 0.15) is 10.3 Å². The maximum atomic E-state index is 13.7. The van der Waals surface area contributed by atoms with E-state index in [-0.39, 0.29) is 23.1 Å². The van der Waals surface area contributed by atoms with Crippen molar-refractivity contribution in [1.29, 1.82) is 0 Å².